The molecule has 138 valence electrons. The van der Waals surface area contributed by atoms with Crippen molar-refractivity contribution in [2.24, 2.45) is 0 Å². The number of fused-ring (bicyclic) bond motifs is 2. The van der Waals surface area contributed by atoms with Crippen LogP contribution in [0.3, 0.4) is 0 Å². The van der Waals surface area contributed by atoms with Crippen LogP contribution in [-0.4, -0.2) is 29.2 Å². The van der Waals surface area contributed by atoms with Gasteiger partial charge in [-0.1, -0.05) is 29.8 Å². The third-order valence-corrected chi connectivity index (χ3v) is 5.97. The van der Waals surface area contributed by atoms with E-state index in [1.54, 1.807) is 31.2 Å². The predicted molar refractivity (Wildman–Crippen MR) is 109 cm³/mol. The Labute approximate surface area is 160 Å². The van der Waals surface area contributed by atoms with Gasteiger partial charge >= 0.3 is 0 Å². The minimum atomic E-state index is -3.41. The molecule has 0 fully saturated rings. The molecule has 0 aliphatic rings. The monoisotopic (exact) mass is 401 g/mol. The van der Waals surface area contributed by atoms with Crippen LogP contribution >= 0.6 is 11.6 Å². The zero-order valence-electron chi connectivity index (χ0n) is 14.3. The molecule has 27 heavy (non-hydrogen) atoms. The number of pyridine rings is 1. The van der Waals surface area contributed by atoms with Crippen LogP contribution in [-0.2, 0) is 10.0 Å². The van der Waals surface area contributed by atoms with Gasteiger partial charge in [0.05, 0.1) is 27.5 Å². The topological polar surface area (TPSA) is 95.1 Å². The molecule has 0 amide bonds. The van der Waals surface area contributed by atoms with Gasteiger partial charge in [0.1, 0.15) is 0 Å². The number of halogens is 1. The van der Waals surface area contributed by atoms with Crippen LogP contribution < -0.4 is 4.72 Å². The molecule has 0 saturated carbocycles. The fourth-order valence-electron chi connectivity index (χ4n) is 3.01. The van der Waals surface area contributed by atoms with E-state index in [4.69, 9.17) is 11.6 Å². The Hall–Kier alpha value is -2.77. The number of rotatable bonds is 4. The Balaban J connectivity index is 1.92. The molecule has 0 radical (unpaired) electrons. The molecule has 4 aromatic rings. The highest BCUT2D eigenvalue weighted by Crippen LogP contribution is 2.39. The van der Waals surface area contributed by atoms with E-state index in [-0.39, 0.29) is 11.6 Å². The molecule has 0 bridgehead atoms. The standard InChI is InChI=1S/C19H16ClN3O3S/c1-2-27(25,26)23-11-7-8-16-13(9-11)18(19(24)22-16)17-10-14(20)12-5-3-4-6-15(12)21-17/h3-10,22-24H,2H2,1H3. The van der Waals surface area contributed by atoms with Crippen molar-refractivity contribution in [3.63, 3.8) is 0 Å². The summed E-state index contributed by atoms with van der Waals surface area (Å²) in [4.78, 5) is 7.50. The van der Waals surface area contributed by atoms with Gasteiger partial charge in [0.25, 0.3) is 0 Å². The van der Waals surface area contributed by atoms with Gasteiger partial charge in [0, 0.05) is 22.0 Å². The van der Waals surface area contributed by atoms with E-state index >= 15 is 0 Å². The molecule has 2 aromatic carbocycles. The van der Waals surface area contributed by atoms with Crippen molar-refractivity contribution in [1.82, 2.24) is 9.97 Å². The van der Waals surface area contributed by atoms with Crippen LogP contribution in [0.4, 0.5) is 5.69 Å². The van der Waals surface area contributed by atoms with E-state index < -0.39 is 10.0 Å². The van der Waals surface area contributed by atoms with Crippen molar-refractivity contribution in [2.45, 2.75) is 6.92 Å². The second kappa shape index (κ2) is 6.44. The van der Waals surface area contributed by atoms with E-state index in [0.29, 0.717) is 38.4 Å². The lowest BCUT2D eigenvalue weighted by atomic mass is 10.1. The maximum atomic E-state index is 11.9. The number of H-pyrrole nitrogens is 1. The fraction of sp³-hybridized carbons (Fsp3) is 0.105. The highest BCUT2D eigenvalue weighted by atomic mass is 35.5. The van der Waals surface area contributed by atoms with E-state index in [1.165, 1.54) is 0 Å². The SMILES string of the molecule is CCS(=O)(=O)Nc1ccc2[nH]c(O)c(-c3cc(Cl)c4ccccc4n3)c2c1. The summed E-state index contributed by atoms with van der Waals surface area (Å²) in [7, 11) is -3.41. The van der Waals surface area contributed by atoms with Gasteiger partial charge in [-0.05, 0) is 37.3 Å². The summed E-state index contributed by atoms with van der Waals surface area (Å²) in [5.41, 5.74) is 2.74. The number of aromatic amines is 1. The van der Waals surface area contributed by atoms with Gasteiger partial charge in [0.15, 0.2) is 5.88 Å². The summed E-state index contributed by atoms with van der Waals surface area (Å²) >= 11 is 6.40. The van der Waals surface area contributed by atoms with Crippen LogP contribution in [0.5, 0.6) is 5.88 Å². The molecule has 2 heterocycles. The predicted octanol–water partition coefficient (Wildman–Crippen LogP) is 4.50. The molecular formula is C19H16ClN3O3S. The molecule has 0 aliphatic carbocycles. The Morgan fingerprint density at radius 3 is 2.70 bits per heavy atom. The number of benzene rings is 2. The quantitative estimate of drug-likeness (QED) is 0.469. The molecule has 8 heteroatoms. The Kier molecular flexibility index (Phi) is 4.20. The second-order valence-corrected chi connectivity index (χ2v) is 8.54. The molecule has 0 saturated heterocycles. The number of hydrogen-bond donors (Lipinski definition) is 3. The van der Waals surface area contributed by atoms with Crippen molar-refractivity contribution in [3.05, 3.63) is 53.6 Å². The van der Waals surface area contributed by atoms with Crippen molar-refractivity contribution in [3.8, 4) is 17.1 Å². The molecule has 3 N–H and O–H groups in total. The fourth-order valence-corrected chi connectivity index (χ4v) is 3.91. The molecular weight excluding hydrogens is 386 g/mol. The van der Waals surface area contributed by atoms with Gasteiger partial charge in [-0.2, -0.15) is 0 Å². The average Bonchev–Trinajstić information content (AvgIpc) is 2.96. The number of nitrogens with one attached hydrogen (secondary N) is 2. The van der Waals surface area contributed by atoms with Crippen molar-refractivity contribution in [2.75, 3.05) is 10.5 Å². The smallest absolute Gasteiger partial charge is 0.232 e. The van der Waals surface area contributed by atoms with Crippen LogP contribution in [0.15, 0.2) is 48.5 Å². The number of hydrogen-bond acceptors (Lipinski definition) is 4. The highest BCUT2D eigenvalue weighted by Gasteiger charge is 2.17. The lowest BCUT2D eigenvalue weighted by molar-refractivity contribution is 0.460. The van der Waals surface area contributed by atoms with Gasteiger partial charge in [-0.15, -0.1) is 0 Å². The number of para-hydroxylation sites is 1. The average molecular weight is 402 g/mol. The zero-order valence-corrected chi connectivity index (χ0v) is 15.9. The molecule has 0 atom stereocenters. The van der Waals surface area contributed by atoms with Gasteiger partial charge in [-0.3, -0.25) is 4.72 Å². The number of nitrogens with zero attached hydrogens (tertiary/aromatic N) is 1. The minimum absolute atomic E-state index is 0.0296. The first-order valence-corrected chi connectivity index (χ1v) is 10.3. The Morgan fingerprint density at radius 2 is 1.93 bits per heavy atom. The number of aromatic hydroxyl groups is 1. The Morgan fingerprint density at radius 1 is 1.15 bits per heavy atom. The van der Waals surface area contributed by atoms with Crippen LogP contribution in [0.2, 0.25) is 5.02 Å². The van der Waals surface area contributed by atoms with Crippen molar-refractivity contribution in [1.29, 1.82) is 0 Å². The van der Waals surface area contributed by atoms with Crippen molar-refractivity contribution < 1.29 is 13.5 Å². The lowest BCUT2D eigenvalue weighted by Gasteiger charge is -2.08. The second-order valence-electron chi connectivity index (χ2n) is 6.12. The highest BCUT2D eigenvalue weighted by molar-refractivity contribution is 7.92. The summed E-state index contributed by atoms with van der Waals surface area (Å²) in [5.74, 6) is -0.0858. The molecule has 4 rings (SSSR count). The van der Waals surface area contributed by atoms with Crippen molar-refractivity contribution >= 4 is 49.1 Å². The maximum Gasteiger partial charge on any atom is 0.232 e. The summed E-state index contributed by atoms with van der Waals surface area (Å²) in [6, 6.07) is 14.2. The van der Waals surface area contributed by atoms with E-state index in [9.17, 15) is 13.5 Å². The third kappa shape index (κ3) is 3.20. The van der Waals surface area contributed by atoms with Crippen LogP contribution in [0.25, 0.3) is 33.1 Å². The summed E-state index contributed by atoms with van der Waals surface area (Å²) in [6.07, 6.45) is 0. The number of aromatic nitrogens is 2. The van der Waals surface area contributed by atoms with E-state index in [0.717, 1.165) is 5.39 Å². The van der Waals surface area contributed by atoms with E-state index in [1.807, 2.05) is 24.3 Å². The molecule has 6 nitrogen and oxygen atoms in total. The summed E-state index contributed by atoms with van der Waals surface area (Å²) < 4.78 is 26.2. The Bertz CT molecular complexity index is 1280. The third-order valence-electron chi connectivity index (χ3n) is 4.35. The first-order chi connectivity index (χ1) is 12.9. The van der Waals surface area contributed by atoms with Gasteiger partial charge < -0.3 is 10.1 Å². The molecule has 0 unspecified atom stereocenters. The number of anilines is 1. The zero-order chi connectivity index (χ0) is 19.2. The largest absolute Gasteiger partial charge is 0.494 e. The summed E-state index contributed by atoms with van der Waals surface area (Å²) in [5, 5.41) is 12.4. The maximum absolute atomic E-state index is 11.9. The van der Waals surface area contributed by atoms with Gasteiger partial charge in [-0.25, -0.2) is 13.4 Å². The lowest BCUT2D eigenvalue weighted by Crippen LogP contribution is -2.14. The first-order valence-electron chi connectivity index (χ1n) is 8.29. The van der Waals surface area contributed by atoms with Crippen LogP contribution in [0, 0.1) is 0 Å². The minimum Gasteiger partial charge on any atom is -0.494 e. The first kappa shape index (κ1) is 17.6. The molecule has 0 spiro atoms. The molecule has 2 aromatic heterocycles. The van der Waals surface area contributed by atoms with E-state index in [2.05, 4.69) is 14.7 Å². The molecule has 0 aliphatic heterocycles. The van der Waals surface area contributed by atoms with Crippen LogP contribution in [0.1, 0.15) is 6.92 Å². The summed E-state index contributed by atoms with van der Waals surface area (Å²) in [6.45, 7) is 1.56. The normalized spacial score (nSPS) is 11.9. The van der Waals surface area contributed by atoms with Gasteiger partial charge in [0.2, 0.25) is 10.0 Å². The number of sulfonamides is 1.